The molecule has 1 aromatic carbocycles. The van der Waals surface area contributed by atoms with E-state index < -0.39 is 0 Å². The van der Waals surface area contributed by atoms with Gasteiger partial charge in [-0.15, -0.1) is 24.0 Å². The van der Waals surface area contributed by atoms with E-state index in [1.54, 1.807) is 17.0 Å². The van der Waals surface area contributed by atoms with Crippen molar-refractivity contribution in [2.45, 2.75) is 40.3 Å². The smallest absolute Gasteiger partial charge is 0.191 e. The van der Waals surface area contributed by atoms with Gasteiger partial charge in [0.25, 0.3) is 0 Å². The van der Waals surface area contributed by atoms with Crippen LogP contribution in [-0.2, 0) is 6.54 Å². The van der Waals surface area contributed by atoms with Crippen LogP contribution in [-0.4, -0.2) is 32.6 Å². The molecule has 4 nitrogen and oxygen atoms in total. The van der Waals surface area contributed by atoms with E-state index in [1.807, 2.05) is 27.1 Å². The number of anilines is 1. The zero-order valence-corrected chi connectivity index (χ0v) is 17.3. The topological polar surface area (TPSA) is 39.7 Å². The van der Waals surface area contributed by atoms with Crippen LogP contribution in [0.5, 0.6) is 0 Å². The second-order valence-corrected chi connectivity index (χ2v) is 6.05. The van der Waals surface area contributed by atoms with E-state index >= 15 is 0 Å². The number of guanidine groups is 1. The van der Waals surface area contributed by atoms with Crippen LogP contribution in [0.4, 0.5) is 10.1 Å². The molecule has 1 atom stereocenters. The van der Waals surface area contributed by atoms with Crippen LogP contribution in [0, 0.1) is 11.7 Å². The number of nitrogens with zero attached hydrogens (tertiary/aromatic N) is 2. The number of hydrogen-bond donors (Lipinski definition) is 2. The second-order valence-electron chi connectivity index (χ2n) is 6.05. The Morgan fingerprint density at radius 2 is 1.91 bits per heavy atom. The minimum absolute atomic E-state index is 0. The van der Waals surface area contributed by atoms with Crippen LogP contribution in [0.15, 0.2) is 23.2 Å². The van der Waals surface area contributed by atoms with Crippen molar-refractivity contribution in [3.63, 3.8) is 0 Å². The Labute approximate surface area is 157 Å². The van der Waals surface area contributed by atoms with Crippen molar-refractivity contribution in [3.8, 4) is 0 Å². The van der Waals surface area contributed by atoms with Crippen LogP contribution in [0.3, 0.4) is 0 Å². The van der Waals surface area contributed by atoms with Crippen molar-refractivity contribution in [2.75, 3.05) is 25.5 Å². The molecule has 0 saturated heterocycles. The maximum absolute atomic E-state index is 14.0. The summed E-state index contributed by atoms with van der Waals surface area (Å²) in [5.41, 5.74) is 1.45. The van der Waals surface area contributed by atoms with Gasteiger partial charge in [-0.1, -0.05) is 19.9 Å². The highest BCUT2D eigenvalue weighted by atomic mass is 127. The van der Waals surface area contributed by atoms with Gasteiger partial charge in [0.2, 0.25) is 0 Å². The fourth-order valence-electron chi connectivity index (χ4n) is 1.88. The molecule has 0 heterocycles. The van der Waals surface area contributed by atoms with Crippen molar-refractivity contribution in [2.24, 2.45) is 10.9 Å². The number of rotatable bonds is 6. The first-order valence-corrected chi connectivity index (χ1v) is 7.85. The van der Waals surface area contributed by atoms with Crippen molar-refractivity contribution < 1.29 is 4.39 Å². The highest BCUT2D eigenvalue weighted by Gasteiger charge is 2.09. The normalized spacial score (nSPS) is 12.6. The Balaban J connectivity index is 0.00000484. The van der Waals surface area contributed by atoms with Gasteiger partial charge >= 0.3 is 0 Å². The van der Waals surface area contributed by atoms with E-state index in [0.29, 0.717) is 24.2 Å². The van der Waals surface area contributed by atoms with Gasteiger partial charge < -0.3 is 15.5 Å². The molecule has 0 amide bonds. The van der Waals surface area contributed by atoms with E-state index in [-0.39, 0.29) is 29.8 Å². The third kappa shape index (κ3) is 7.37. The zero-order chi connectivity index (χ0) is 16.7. The summed E-state index contributed by atoms with van der Waals surface area (Å²) in [6.45, 7) is 9.73. The Bertz CT molecular complexity index is 503. The molecule has 0 bridgehead atoms. The molecule has 0 saturated carbocycles. The third-order valence-corrected chi connectivity index (χ3v) is 3.62. The molecule has 23 heavy (non-hydrogen) atoms. The van der Waals surface area contributed by atoms with Crippen molar-refractivity contribution in [1.29, 1.82) is 0 Å². The summed E-state index contributed by atoms with van der Waals surface area (Å²) in [5, 5.41) is 6.59. The van der Waals surface area contributed by atoms with Gasteiger partial charge in [0, 0.05) is 26.7 Å². The first kappa shape index (κ1) is 21.9. The molecular weight excluding hydrogens is 406 g/mol. The van der Waals surface area contributed by atoms with Crippen LogP contribution in [0.25, 0.3) is 0 Å². The summed E-state index contributed by atoms with van der Waals surface area (Å²) in [7, 11) is 3.66. The molecule has 2 N–H and O–H groups in total. The number of nitrogens with one attached hydrogen (secondary N) is 2. The largest absolute Gasteiger partial charge is 0.375 e. The quantitative estimate of drug-likeness (QED) is 0.407. The fraction of sp³-hybridized carbons (Fsp3) is 0.588. The lowest BCUT2D eigenvalue weighted by Gasteiger charge is -2.20. The summed E-state index contributed by atoms with van der Waals surface area (Å²) in [6, 6.07) is 5.58. The lowest BCUT2D eigenvalue weighted by molar-refractivity contribution is 0.481. The van der Waals surface area contributed by atoms with Gasteiger partial charge in [0.15, 0.2) is 5.96 Å². The number of benzene rings is 1. The first-order valence-electron chi connectivity index (χ1n) is 7.85. The van der Waals surface area contributed by atoms with Gasteiger partial charge in [-0.05, 0) is 37.5 Å². The number of halogens is 2. The van der Waals surface area contributed by atoms with E-state index in [1.165, 1.54) is 0 Å². The summed E-state index contributed by atoms with van der Waals surface area (Å²) >= 11 is 0. The number of hydrogen-bond acceptors (Lipinski definition) is 2. The summed E-state index contributed by atoms with van der Waals surface area (Å²) in [6.07, 6.45) is 0. The van der Waals surface area contributed by atoms with Crippen LogP contribution >= 0.6 is 24.0 Å². The minimum atomic E-state index is -0.216. The molecule has 0 aliphatic carbocycles. The molecule has 1 aromatic rings. The predicted octanol–water partition coefficient (Wildman–Crippen LogP) is 3.61. The lowest BCUT2D eigenvalue weighted by Crippen LogP contribution is -2.44. The van der Waals surface area contributed by atoms with Gasteiger partial charge in [0.1, 0.15) is 5.82 Å². The fourth-order valence-corrected chi connectivity index (χ4v) is 1.88. The Hall–Kier alpha value is -1.05. The molecule has 0 aromatic heterocycles. The van der Waals surface area contributed by atoms with E-state index in [2.05, 4.69) is 36.4 Å². The Morgan fingerprint density at radius 3 is 2.39 bits per heavy atom. The molecule has 0 aliphatic rings. The first-order chi connectivity index (χ1) is 10.3. The second kappa shape index (κ2) is 10.7. The van der Waals surface area contributed by atoms with Gasteiger partial charge in [-0.3, -0.25) is 0 Å². The molecule has 0 fully saturated rings. The molecule has 132 valence electrons. The average Bonchev–Trinajstić information content (AvgIpc) is 2.44. The SMILES string of the molecule is CCNC(=NCc1ccc(N(C)C)c(F)c1)NC(C)C(C)C.I. The minimum Gasteiger partial charge on any atom is -0.375 e. The van der Waals surface area contributed by atoms with Crippen molar-refractivity contribution in [3.05, 3.63) is 29.6 Å². The van der Waals surface area contributed by atoms with Gasteiger partial charge in [-0.25, -0.2) is 9.38 Å². The molecule has 1 unspecified atom stereocenters. The van der Waals surface area contributed by atoms with Gasteiger partial charge in [-0.2, -0.15) is 0 Å². The summed E-state index contributed by atoms with van der Waals surface area (Å²) < 4.78 is 14.0. The van der Waals surface area contributed by atoms with Crippen LogP contribution in [0.2, 0.25) is 0 Å². The van der Waals surface area contributed by atoms with Crippen molar-refractivity contribution >= 4 is 35.6 Å². The van der Waals surface area contributed by atoms with Gasteiger partial charge in [0.05, 0.1) is 12.2 Å². The number of aliphatic imine (C=N–C) groups is 1. The van der Waals surface area contributed by atoms with E-state index in [9.17, 15) is 4.39 Å². The molecule has 0 aliphatic heterocycles. The van der Waals surface area contributed by atoms with Crippen molar-refractivity contribution in [1.82, 2.24) is 10.6 Å². The highest BCUT2D eigenvalue weighted by Crippen LogP contribution is 2.18. The van der Waals surface area contributed by atoms with Crippen LogP contribution in [0.1, 0.15) is 33.3 Å². The molecule has 0 spiro atoms. The van der Waals surface area contributed by atoms with E-state index in [4.69, 9.17) is 0 Å². The highest BCUT2D eigenvalue weighted by molar-refractivity contribution is 14.0. The molecule has 1 rings (SSSR count). The van der Waals surface area contributed by atoms with E-state index in [0.717, 1.165) is 18.1 Å². The summed E-state index contributed by atoms with van der Waals surface area (Å²) in [4.78, 5) is 6.30. The Morgan fingerprint density at radius 1 is 1.26 bits per heavy atom. The maximum atomic E-state index is 14.0. The monoisotopic (exact) mass is 436 g/mol. The lowest BCUT2D eigenvalue weighted by atomic mass is 10.1. The zero-order valence-electron chi connectivity index (χ0n) is 15.0. The molecule has 6 heteroatoms. The standard InChI is InChI=1S/C17H29FN4.HI/c1-7-19-17(21-13(4)12(2)3)20-11-14-8-9-16(22(5)6)15(18)10-14;/h8-10,12-13H,7,11H2,1-6H3,(H2,19,20,21);1H. The molecular formula is C17H30FIN4. The molecule has 0 radical (unpaired) electrons. The van der Waals surface area contributed by atoms with Crippen LogP contribution < -0.4 is 15.5 Å². The predicted molar refractivity (Wildman–Crippen MR) is 108 cm³/mol. The summed E-state index contributed by atoms with van der Waals surface area (Å²) in [5.74, 6) is 1.06. The maximum Gasteiger partial charge on any atom is 0.191 e. The average molecular weight is 436 g/mol. The third-order valence-electron chi connectivity index (χ3n) is 3.62. The Kier molecular flexibility index (Phi) is 10.2.